The van der Waals surface area contributed by atoms with E-state index in [2.05, 4.69) is 9.71 Å². The summed E-state index contributed by atoms with van der Waals surface area (Å²) in [6, 6.07) is 6.90. The van der Waals surface area contributed by atoms with Crippen LogP contribution in [0.1, 0.15) is 21.0 Å². The average molecular weight is 312 g/mol. The van der Waals surface area contributed by atoms with Crippen LogP contribution in [0.4, 0.5) is 0 Å². The summed E-state index contributed by atoms with van der Waals surface area (Å²) in [5.41, 5.74) is 1.35. The minimum Gasteiger partial charge on any atom is -0.392 e. The van der Waals surface area contributed by atoms with Crippen LogP contribution in [-0.2, 0) is 28.9 Å². The van der Waals surface area contributed by atoms with Crippen LogP contribution in [0.5, 0.6) is 0 Å². The van der Waals surface area contributed by atoms with Gasteiger partial charge in [0, 0.05) is 11.1 Å². The van der Waals surface area contributed by atoms with Crippen molar-refractivity contribution in [3.8, 4) is 0 Å². The lowest BCUT2D eigenvalue weighted by Crippen LogP contribution is -2.24. The van der Waals surface area contributed by atoms with Crippen molar-refractivity contribution in [1.29, 1.82) is 0 Å². The minimum absolute atomic E-state index is 0.0975. The van der Waals surface area contributed by atoms with E-state index in [0.717, 1.165) is 9.88 Å². The highest BCUT2D eigenvalue weighted by atomic mass is 32.2. The summed E-state index contributed by atoms with van der Waals surface area (Å²) in [4.78, 5) is 5.16. The van der Waals surface area contributed by atoms with Crippen LogP contribution in [0.2, 0.25) is 0 Å². The molecule has 2 N–H and O–H groups in total. The van der Waals surface area contributed by atoms with E-state index in [1.165, 1.54) is 11.3 Å². The third kappa shape index (κ3) is 4.38. The fourth-order valence-electron chi connectivity index (χ4n) is 1.74. The fraction of sp³-hybridized carbons (Fsp3) is 0.308. The molecule has 1 aromatic heterocycles. The SMILES string of the molecule is Cc1cnc(CNS(=O)(=O)Cc2cccc(CO)c2)s1. The molecule has 0 aliphatic heterocycles. The molecule has 0 aliphatic carbocycles. The van der Waals surface area contributed by atoms with Crippen LogP contribution in [0.15, 0.2) is 30.5 Å². The lowest BCUT2D eigenvalue weighted by Gasteiger charge is -2.06. The van der Waals surface area contributed by atoms with Gasteiger partial charge in [0.1, 0.15) is 5.01 Å². The number of aliphatic hydroxyl groups excluding tert-OH is 1. The molecule has 0 fully saturated rings. The molecule has 0 saturated carbocycles. The lowest BCUT2D eigenvalue weighted by molar-refractivity contribution is 0.282. The first kappa shape index (κ1) is 15.1. The Morgan fingerprint density at radius 1 is 1.35 bits per heavy atom. The molecular formula is C13H16N2O3S2. The molecule has 1 heterocycles. The van der Waals surface area contributed by atoms with E-state index < -0.39 is 10.0 Å². The average Bonchev–Trinajstić information content (AvgIpc) is 2.82. The zero-order valence-electron chi connectivity index (χ0n) is 11.0. The van der Waals surface area contributed by atoms with E-state index in [-0.39, 0.29) is 18.9 Å². The number of thiazole rings is 1. The molecule has 5 nitrogen and oxygen atoms in total. The Hall–Kier alpha value is -1.28. The first-order chi connectivity index (χ1) is 9.48. The number of nitrogens with one attached hydrogen (secondary N) is 1. The Morgan fingerprint density at radius 2 is 2.10 bits per heavy atom. The second-order valence-corrected chi connectivity index (χ2v) is 7.55. The molecule has 0 amide bonds. The van der Waals surface area contributed by atoms with Gasteiger partial charge in [0.05, 0.1) is 18.9 Å². The standard InChI is InChI=1S/C13H16N2O3S2/c1-10-6-14-13(19-10)7-15-20(17,18)9-12-4-2-3-11(5-12)8-16/h2-6,15-16H,7-9H2,1H3. The molecule has 0 radical (unpaired) electrons. The van der Waals surface area contributed by atoms with Gasteiger partial charge >= 0.3 is 0 Å². The molecule has 7 heteroatoms. The van der Waals surface area contributed by atoms with Gasteiger partial charge < -0.3 is 5.11 Å². The number of hydrogen-bond donors (Lipinski definition) is 2. The second-order valence-electron chi connectivity index (χ2n) is 4.42. The van der Waals surface area contributed by atoms with Crippen LogP contribution in [0.25, 0.3) is 0 Å². The summed E-state index contributed by atoms with van der Waals surface area (Å²) in [7, 11) is -3.41. The summed E-state index contributed by atoms with van der Waals surface area (Å²) >= 11 is 1.47. The largest absolute Gasteiger partial charge is 0.392 e. The van der Waals surface area contributed by atoms with Gasteiger partial charge in [-0.05, 0) is 18.1 Å². The zero-order chi connectivity index (χ0) is 14.6. The number of sulfonamides is 1. The summed E-state index contributed by atoms with van der Waals surface area (Å²) in [5.74, 6) is -0.106. The van der Waals surface area contributed by atoms with Crippen molar-refractivity contribution in [3.05, 3.63) is 51.5 Å². The van der Waals surface area contributed by atoms with Crippen molar-refractivity contribution in [2.45, 2.75) is 25.8 Å². The van der Waals surface area contributed by atoms with Gasteiger partial charge in [-0.15, -0.1) is 11.3 Å². The lowest BCUT2D eigenvalue weighted by atomic mass is 10.1. The zero-order valence-corrected chi connectivity index (χ0v) is 12.7. The Kier molecular flexibility index (Phi) is 4.87. The normalized spacial score (nSPS) is 11.7. The minimum atomic E-state index is -3.41. The first-order valence-electron chi connectivity index (χ1n) is 6.06. The second kappa shape index (κ2) is 6.45. The Labute approximate surface area is 122 Å². The van der Waals surface area contributed by atoms with Gasteiger partial charge in [-0.3, -0.25) is 0 Å². The monoisotopic (exact) mass is 312 g/mol. The molecule has 2 aromatic rings. The molecule has 0 unspecified atom stereocenters. The Morgan fingerprint density at radius 3 is 2.75 bits per heavy atom. The molecule has 2 rings (SSSR count). The number of nitrogens with zero attached hydrogens (tertiary/aromatic N) is 1. The van der Waals surface area contributed by atoms with Crippen molar-refractivity contribution in [3.63, 3.8) is 0 Å². The topological polar surface area (TPSA) is 79.3 Å². The van der Waals surface area contributed by atoms with Crippen LogP contribution in [0, 0.1) is 6.92 Å². The predicted octanol–water partition coefficient (Wildman–Crippen LogP) is 1.56. The van der Waals surface area contributed by atoms with Crippen LogP contribution < -0.4 is 4.72 Å². The molecule has 108 valence electrons. The Bertz CT molecular complexity index is 680. The highest BCUT2D eigenvalue weighted by molar-refractivity contribution is 7.88. The highest BCUT2D eigenvalue weighted by Crippen LogP contribution is 2.12. The molecule has 0 saturated heterocycles. The number of aromatic nitrogens is 1. The van der Waals surface area contributed by atoms with E-state index in [0.29, 0.717) is 11.1 Å². The molecule has 0 spiro atoms. The van der Waals surface area contributed by atoms with Crippen molar-refractivity contribution in [2.24, 2.45) is 0 Å². The maximum absolute atomic E-state index is 12.0. The molecular weight excluding hydrogens is 296 g/mol. The molecule has 0 atom stereocenters. The number of rotatable bonds is 6. The van der Waals surface area contributed by atoms with Gasteiger partial charge in [0.25, 0.3) is 0 Å². The van der Waals surface area contributed by atoms with Gasteiger partial charge in [-0.1, -0.05) is 24.3 Å². The van der Waals surface area contributed by atoms with E-state index in [4.69, 9.17) is 5.11 Å². The maximum Gasteiger partial charge on any atom is 0.216 e. The number of aryl methyl sites for hydroxylation is 1. The third-order valence-corrected chi connectivity index (χ3v) is 4.85. The maximum atomic E-state index is 12.0. The first-order valence-corrected chi connectivity index (χ1v) is 8.53. The summed E-state index contributed by atoms with van der Waals surface area (Å²) in [6.45, 7) is 2.04. The molecule has 1 aromatic carbocycles. The van der Waals surface area contributed by atoms with Gasteiger partial charge in [0.2, 0.25) is 10.0 Å². The van der Waals surface area contributed by atoms with Gasteiger partial charge in [-0.2, -0.15) is 0 Å². The van der Waals surface area contributed by atoms with Gasteiger partial charge in [0.15, 0.2) is 0 Å². The molecule has 0 aliphatic rings. The van der Waals surface area contributed by atoms with Crippen LogP contribution in [0.3, 0.4) is 0 Å². The van der Waals surface area contributed by atoms with Crippen molar-refractivity contribution in [1.82, 2.24) is 9.71 Å². The quantitative estimate of drug-likeness (QED) is 0.848. The van der Waals surface area contributed by atoms with Crippen molar-refractivity contribution >= 4 is 21.4 Å². The molecule has 0 bridgehead atoms. The van der Waals surface area contributed by atoms with E-state index >= 15 is 0 Å². The number of aliphatic hydroxyl groups is 1. The van der Waals surface area contributed by atoms with Gasteiger partial charge in [-0.25, -0.2) is 18.1 Å². The van der Waals surface area contributed by atoms with Crippen molar-refractivity contribution in [2.75, 3.05) is 0 Å². The van der Waals surface area contributed by atoms with Crippen molar-refractivity contribution < 1.29 is 13.5 Å². The predicted molar refractivity (Wildman–Crippen MR) is 78.7 cm³/mol. The Balaban J connectivity index is 1.99. The smallest absolute Gasteiger partial charge is 0.216 e. The summed E-state index contributed by atoms with van der Waals surface area (Å²) in [6.07, 6.45) is 1.72. The fourth-order valence-corrected chi connectivity index (χ4v) is 3.64. The summed E-state index contributed by atoms with van der Waals surface area (Å²) in [5, 5.41) is 9.79. The van der Waals surface area contributed by atoms with E-state index in [1.807, 2.05) is 6.92 Å². The van der Waals surface area contributed by atoms with E-state index in [1.54, 1.807) is 30.5 Å². The van der Waals surface area contributed by atoms with Crippen LogP contribution in [-0.4, -0.2) is 18.5 Å². The third-order valence-electron chi connectivity index (χ3n) is 2.64. The number of benzene rings is 1. The highest BCUT2D eigenvalue weighted by Gasteiger charge is 2.12. The van der Waals surface area contributed by atoms with Crippen LogP contribution >= 0.6 is 11.3 Å². The molecule has 20 heavy (non-hydrogen) atoms. The number of hydrogen-bond acceptors (Lipinski definition) is 5. The van der Waals surface area contributed by atoms with E-state index in [9.17, 15) is 8.42 Å². The summed E-state index contributed by atoms with van der Waals surface area (Å²) < 4.78 is 26.5.